The van der Waals surface area contributed by atoms with Crippen LogP contribution in [0.15, 0.2) is 12.1 Å². The fourth-order valence-corrected chi connectivity index (χ4v) is 3.44. The third-order valence-corrected chi connectivity index (χ3v) is 5.68. The normalized spacial score (nSPS) is 20.0. The molecule has 0 spiro atoms. The molecule has 118 valence electrons. The van der Waals surface area contributed by atoms with Crippen LogP contribution < -0.4 is 9.64 Å². The van der Waals surface area contributed by atoms with Gasteiger partial charge >= 0.3 is 0 Å². The molecule has 0 saturated carbocycles. The summed E-state index contributed by atoms with van der Waals surface area (Å²) in [6.45, 7) is 4.25. The molecule has 1 saturated heterocycles. The maximum atomic E-state index is 12.1. The summed E-state index contributed by atoms with van der Waals surface area (Å²) in [6.07, 6.45) is 0.501. The molecule has 1 atom stereocenters. The van der Waals surface area contributed by atoms with E-state index in [1.165, 1.54) is 4.31 Å². The molecule has 7 nitrogen and oxygen atoms in total. The Morgan fingerprint density at radius 2 is 2.05 bits per heavy atom. The molecule has 0 radical (unpaired) electrons. The zero-order valence-corrected chi connectivity index (χ0v) is 13.7. The molecule has 0 aromatic carbocycles. The molecule has 1 fully saturated rings. The second-order valence-electron chi connectivity index (χ2n) is 5.60. The Kier molecular flexibility index (Phi) is 4.67. The van der Waals surface area contributed by atoms with Crippen LogP contribution in [0.5, 0.6) is 5.88 Å². The van der Waals surface area contributed by atoms with Gasteiger partial charge in [0.2, 0.25) is 15.9 Å². The van der Waals surface area contributed by atoms with E-state index in [1.807, 2.05) is 25.1 Å². The zero-order chi connectivity index (χ0) is 15.6. The summed E-state index contributed by atoms with van der Waals surface area (Å²) in [6, 6.07) is 3.57. The average Bonchev–Trinajstić information content (AvgIpc) is 2.88. The molecule has 0 aliphatic carbocycles. The van der Waals surface area contributed by atoms with Gasteiger partial charge in [-0.15, -0.1) is 10.2 Å². The standard InChI is InChI=1S/C13H22N4O3S/c1-10(2)21(18,19)17-8-7-11(9-17)20-13-6-5-12(14-15-13)16(3)4/h5-6,10-11H,7-9H2,1-4H3/t11-/m1/s1. The maximum absolute atomic E-state index is 12.1. The van der Waals surface area contributed by atoms with Gasteiger partial charge in [-0.05, 0) is 26.3 Å². The topological polar surface area (TPSA) is 75.6 Å². The molecule has 1 aromatic heterocycles. The molecule has 2 heterocycles. The molecule has 0 bridgehead atoms. The molecule has 21 heavy (non-hydrogen) atoms. The first-order chi connectivity index (χ1) is 9.80. The third kappa shape index (κ3) is 3.62. The van der Waals surface area contributed by atoms with Crippen LogP contribution in [0.1, 0.15) is 20.3 Å². The maximum Gasteiger partial charge on any atom is 0.233 e. The van der Waals surface area contributed by atoms with Gasteiger partial charge in [-0.1, -0.05) is 0 Å². The molecular weight excluding hydrogens is 292 g/mol. The van der Waals surface area contributed by atoms with Crippen LogP contribution in [0, 0.1) is 0 Å². The van der Waals surface area contributed by atoms with Crippen LogP contribution in [0.3, 0.4) is 0 Å². The lowest BCUT2D eigenvalue weighted by atomic mass is 10.3. The Hall–Kier alpha value is -1.41. The second-order valence-corrected chi connectivity index (χ2v) is 8.09. The quantitative estimate of drug-likeness (QED) is 0.798. The van der Waals surface area contributed by atoms with Crippen LogP contribution in [0.2, 0.25) is 0 Å². The van der Waals surface area contributed by atoms with E-state index in [2.05, 4.69) is 10.2 Å². The molecule has 0 N–H and O–H groups in total. The number of nitrogens with zero attached hydrogens (tertiary/aromatic N) is 4. The van der Waals surface area contributed by atoms with Crippen molar-refractivity contribution in [1.29, 1.82) is 0 Å². The van der Waals surface area contributed by atoms with Gasteiger partial charge in [-0.25, -0.2) is 8.42 Å². The van der Waals surface area contributed by atoms with Crippen molar-refractivity contribution in [1.82, 2.24) is 14.5 Å². The van der Waals surface area contributed by atoms with Gasteiger partial charge in [0.15, 0.2) is 5.82 Å². The van der Waals surface area contributed by atoms with E-state index in [1.54, 1.807) is 19.9 Å². The number of sulfonamides is 1. The minimum Gasteiger partial charge on any atom is -0.472 e. The number of rotatable bonds is 5. The zero-order valence-electron chi connectivity index (χ0n) is 12.9. The fraction of sp³-hybridized carbons (Fsp3) is 0.692. The Bertz CT molecular complexity index is 572. The molecule has 1 aliphatic rings. The number of aromatic nitrogens is 2. The predicted molar refractivity (Wildman–Crippen MR) is 81.0 cm³/mol. The Morgan fingerprint density at radius 1 is 1.33 bits per heavy atom. The summed E-state index contributed by atoms with van der Waals surface area (Å²) < 4.78 is 31.4. The van der Waals surface area contributed by atoms with E-state index in [9.17, 15) is 8.42 Å². The van der Waals surface area contributed by atoms with E-state index in [4.69, 9.17) is 4.74 Å². The van der Waals surface area contributed by atoms with E-state index >= 15 is 0 Å². The fourth-order valence-electron chi connectivity index (χ4n) is 2.11. The van der Waals surface area contributed by atoms with Gasteiger partial charge in [-0.3, -0.25) is 0 Å². The van der Waals surface area contributed by atoms with Crippen molar-refractivity contribution in [2.75, 3.05) is 32.1 Å². The summed E-state index contributed by atoms with van der Waals surface area (Å²) in [5.41, 5.74) is 0. The lowest BCUT2D eigenvalue weighted by Gasteiger charge is -2.19. The first-order valence-corrected chi connectivity index (χ1v) is 8.47. The van der Waals surface area contributed by atoms with Crippen molar-refractivity contribution in [3.05, 3.63) is 12.1 Å². The third-order valence-electron chi connectivity index (χ3n) is 3.43. The summed E-state index contributed by atoms with van der Waals surface area (Å²) in [5.74, 6) is 1.17. The highest BCUT2D eigenvalue weighted by molar-refractivity contribution is 7.89. The molecule has 8 heteroatoms. The van der Waals surface area contributed by atoms with E-state index in [0.29, 0.717) is 25.4 Å². The number of hydrogen-bond acceptors (Lipinski definition) is 6. The van der Waals surface area contributed by atoms with Crippen LogP contribution in [0.4, 0.5) is 5.82 Å². The van der Waals surface area contributed by atoms with Crippen LogP contribution in [-0.2, 0) is 10.0 Å². The highest BCUT2D eigenvalue weighted by atomic mass is 32.2. The Morgan fingerprint density at radius 3 is 2.57 bits per heavy atom. The molecule has 1 aromatic rings. The summed E-state index contributed by atoms with van der Waals surface area (Å²) in [5, 5.41) is 7.63. The highest BCUT2D eigenvalue weighted by Gasteiger charge is 2.34. The second kappa shape index (κ2) is 6.15. The SMILES string of the molecule is CC(C)S(=O)(=O)N1CC[C@@H](Oc2ccc(N(C)C)nn2)C1. The smallest absolute Gasteiger partial charge is 0.233 e. The van der Waals surface area contributed by atoms with Crippen molar-refractivity contribution >= 4 is 15.8 Å². The molecule has 0 amide bonds. The van der Waals surface area contributed by atoms with Crippen molar-refractivity contribution < 1.29 is 13.2 Å². The van der Waals surface area contributed by atoms with Crippen molar-refractivity contribution in [3.8, 4) is 5.88 Å². The van der Waals surface area contributed by atoms with Gasteiger partial charge in [-0.2, -0.15) is 4.31 Å². The van der Waals surface area contributed by atoms with Gasteiger partial charge < -0.3 is 9.64 Å². The number of anilines is 1. The van der Waals surface area contributed by atoms with Crippen molar-refractivity contribution in [2.24, 2.45) is 0 Å². The number of ether oxygens (including phenoxy) is 1. The summed E-state index contributed by atoms with van der Waals surface area (Å²) >= 11 is 0. The highest BCUT2D eigenvalue weighted by Crippen LogP contribution is 2.21. The van der Waals surface area contributed by atoms with Crippen molar-refractivity contribution in [2.45, 2.75) is 31.6 Å². The average molecular weight is 314 g/mol. The van der Waals surface area contributed by atoms with Crippen LogP contribution in [-0.4, -0.2) is 61.5 Å². The number of hydrogen-bond donors (Lipinski definition) is 0. The molecule has 1 aliphatic heterocycles. The summed E-state index contributed by atoms with van der Waals surface area (Å²) in [7, 11) is 0.561. The first-order valence-electron chi connectivity index (χ1n) is 6.97. The van der Waals surface area contributed by atoms with Crippen molar-refractivity contribution in [3.63, 3.8) is 0 Å². The summed E-state index contributed by atoms with van der Waals surface area (Å²) in [4.78, 5) is 1.85. The van der Waals surface area contributed by atoms with Crippen LogP contribution in [0.25, 0.3) is 0 Å². The molecule has 2 rings (SSSR count). The van der Waals surface area contributed by atoms with E-state index in [-0.39, 0.29) is 6.10 Å². The predicted octanol–water partition coefficient (Wildman–Crippen LogP) is 0.734. The lowest BCUT2D eigenvalue weighted by Crippen LogP contribution is -2.35. The van der Waals surface area contributed by atoms with E-state index < -0.39 is 15.3 Å². The Balaban J connectivity index is 1.97. The van der Waals surface area contributed by atoms with Gasteiger partial charge in [0.05, 0.1) is 11.8 Å². The minimum atomic E-state index is -3.21. The minimum absolute atomic E-state index is 0.168. The van der Waals surface area contributed by atoms with Gasteiger partial charge in [0.25, 0.3) is 0 Å². The van der Waals surface area contributed by atoms with Crippen LogP contribution >= 0.6 is 0 Å². The monoisotopic (exact) mass is 314 g/mol. The van der Waals surface area contributed by atoms with Gasteiger partial charge in [0.1, 0.15) is 6.10 Å². The largest absolute Gasteiger partial charge is 0.472 e. The van der Waals surface area contributed by atoms with E-state index in [0.717, 1.165) is 5.82 Å². The molecule has 0 unspecified atom stereocenters. The Labute approximate surface area is 126 Å². The lowest BCUT2D eigenvalue weighted by molar-refractivity contribution is 0.204. The molecular formula is C13H22N4O3S. The first kappa shape index (κ1) is 16.0. The van der Waals surface area contributed by atoms with Gasteiger partial charge in [0, 0.05) is 26.7 Å².